The van der Waals surface area contributed by atoms with Crippen molar-refractivity contribution in [1.82, 2.24) is 4.90 Å². The average Bonchev–Trinajstić information content (AvgIpc) is 2.83. The first-order valence-corrected chi connectivity index (χ1v) is 7.24. The number of urea groups is 1. The maximum absolute atomic E-state index is 12.5. The van der Waals surface area contributed by atoms with Crippen LogP contribution in [0.1, 0.15) is 12.8 Å². The number of carbonyl (C=O) groups excluding carboxylic acids is 1. The smallest absolute Gasteiger partial charge is 0.324 e. The number of nitrogen functional groups attached to an aromatic ring is 1. The minimum atomic E-state index is 0.112. The van der Waals surface area contributed by atoms with Gasteiger partial charge in [-0.1, -0.05) is 0 Å². The first kappa shape index (κ1) is 13.2. The lowest BCUT2D eigenvalue weighted by atomic mass is 10.00. The molecule has 1 aromatic rings. The highest BCUT2D eigenvalue weighted by molar-refractivity contribution is 5.94. The van der Waals surface area contributed by atoms with E-state index >= 15 is 0 Å². The van der Waals surface area contributed by atoms with Gasteiger partial charge in [-0.15, -0.1) is 0 Å². The van der Waals surface area contributed by atoms with Crippen LogP contribution >= 0.6 is 0 Å². The van der Waals surface area contributed by atoms with Crippen LogP contribution in [0.2, 0.25) is 0 Å². The zero-order valence-corrected chi connectivity index (χ0v) is 11.6. The number of rotatable bonds is 3. The summed E-state index contributed by atoms with van der Waals surface area (Å²) in [6.45, 7) is 4.07. The molecule has 0 unspecified atom stereocenters. The molecule has 2 N–H and O–H groups in total. The molecule has 3 rings (SSSR count). The van der Waals surface area contributed by atoms with Gasteiger partial charge in [0.05, 0.1) is 0 Å². The number of benzene rings is 1. The molecule has 2 heterocycles. The minimum absolute atomic E-state index is 0.112. The number of anilines is 2. The van der Waals surface area contributed by atoms with E-state index in [4.69, 9.17) is 10.5 Å². The van der Waals surface area contributed by atoms with Crippen molar-refractivity contribution in [2.45, 2.75) is 12.8 Å². The van der Waals surface area contributed by atoms with Crippen molar-refractivity contribution in [2.24, 2.45) is 5.92 Å². The molecular formula is C15H21N3O2. The monoisotopic (exact) mass is 275 g/mol. The summed E-state index contributed by atoms with van der Waals surface area (Å²) in [5.41, 5.74) is 7.34. The van der Waals surface area contributed by atoms with Crippen molar-refractivity contribution in [1.29, 1.82) is 0 Å². The van der Waals surface area contributed by atoms with Crippen molar-refractivity contribution in [2.75, 3.05) is 43.5 Å². The van der Waals surface area contributed by atoms with Crippen molar-refractivity contribution in [3.8, 4) is 0 Å². The zero-order chi connectivity index (χ0) is 13.9. The summed E-state index contributed by atoms with van der Waals surface area (Å²) in [5.74, 6) is 0.582. The molecule has 0 spiro atoms. The largest absolute Gasteiger partial charge is 0.399 e. The maximum atomic E-state index is 12.5. The second-order valence-electron chi connectivity index (χ2n) is 5.53. The molecule has 108 valence electrons. The van der Waals surface area contributed by atoms with Crippen LogP contribution in [0.15, 0.2) is 24.3 Å². The van der Waals surface area contributed by atoms with Gasteiger partial charge in [-0.05, 0) is 43.0 Å². The summed E-state index contributed by atoms with van der Waals surface area (Å²) in [6, 6.07) is 7.60. The molecule has 5 heteroatoms. The lowest BCUT2D eigenvalue weighted by Gasteiger charge is -2.27. The summed E-state index contributed by atoms with van der Waals surface area (Å²) >= 11 is 0. The highest BCUT2D eigenvalue weighted by atomic mass is 16.5. The second-order valence-corrected chi connectivity index (χ2v) is 5.53. The van der Waals surface area contributed by atoms with Gasteiger partial charge >= 0.3 is 6.03 Å². The number of carbonyl (C=O) groups is 1. The highest BCUT2D eigenvalue weighted by Gasteiger charge is 2.31. The van der Waals surface area contributed by atoms with Gasteiger partial charge in [0.25, 0.3) is 0 Å². The van der Waals surface area contributed by atoms with E-state index < -0.39 is 0 Å². The van der Waals surface area contributed by atoms with E-state index in [1.54, 1.807) is 0 Å². The normalized spacial score (nSPS) is 20.7. The van der Waals surface area contributed by atoms with Crippen molar-refractivity contribution in [3.05, 3.63) is 24.3 Å². The number of nitrogens with zero attached hydrogens (tertiary/aromatic N) is 2. The van der Waals surface area contributed by atoms with Crippen LogP contribution in [0, 0.1) is 5.92 Å². The topological polar surface area (TPSA) is 58.8 Å². The van der Waals surface area contributed by atoms with E-state index in [1.807, 2.05) is 34.1 Å². The SMILES string of the molecule is Nc1ccc(N2CCN(CC3CCOCC3)C2=O)cc1. The molecule has 0 bridgehead atoms. The van der Waals surface area contributed by atoms with Gasteiger partial charge < -0.3 is 15.4 Å². The first-order chi connectivity index (χ1) is 9.74. The predicted octanol–water partition coefficient (Wildman–Crippen LogP) is 1.94. The van der Waals surface area contributed by atoms with Gasteiger partial charge in [-0.3, -0.25) is 4.90 Å². The van der Waals surface area contributed by atoms with E-state index in [-0.39, 0.29) is 6.03 Å². The Bertz CT molecular complexity index is 469. The van der Waals surface area contributed by atoms with E-state index in [2.05, 4.69) is 0 Å². The second kappa shape index (κ2) is 5.71. The number of hydrogen-bond donors (Lipinski definition) is 1. The van der Waals surface area contributed by atoms with Gasteiger partial charge in [0.2, 0.25) is 0 Å². The van der Waals surface area contributed by atoms with Crippen LogP contribution in [0.5, 0.6) is 0 Å². The molecule has 1 aromatic carbocycles. The Morgan fingerprint density at radius 3 is 2.55 bits per heavy atom. The fourth-order valence-corrected chi connectivity index (χ4v) is 2.89. The minimum Gasteiger partial charge on any atom is -0.399 e. The van der Waals surface area contributed by atoms with Gasteiger partial charge in [0.1, 0.15) is 0 Å². The standard InChI is InChI=1S/C15H21N3O2/c16-13-1-3-14(4-2-13)18-8-7-17(15(18)19)11-12-5-9-20-10-6-12/h1-4,12H,5-11,16H2. The number of nitrogens with two attached hydrogens (primary N) is 1. The third kappa shape index (κ3) is 2.72. The van der Waals surface area contributed by atoms with Crippen molar-refractivity contribution in [3.63, 3.8) is 0 Å². The third-order valence-electron chi connectivity index (χ3n) is 4.12. The molecule has 2 aliphatic rings. The van der Waals surface area contributed by atoms with Gasteiger partial charge in [-0.25, -0.2) is 4.79 Å². The molecule has 0 aromatic heterocycles. The van der Waals surface area contributed by atoms with E-state index in [1.165, 1.54) is 0 Å². The van der Waals surface area contributed by atoms with Crippen molar-refractivity contribution < 1.29 is 9.53 Å². The van der Waals surface area contributed by atoms with Crippen LogP contribution < -0.4 is 10.6 Å². The number of hydrogen-bond acceptors (Lipinski definition) is 3. The Balaban J connectivity index is 1.63. The molecule has 0 saturated carbocycles. The molecule has 2 amide bonds. The van der Waals surface area contributed by atoms with Crippen LogP contribution in [0.3, 0.4) is 0 Å². The molecule has 2 saturated heterocycles. The third-order valence-corrected chi connectivity index (χ3v) is 4.12. The number of amides is 2. The quantitative estimate of drug-likeness (QED) is 0.858. The van der Waals surface area contributed by atoms with Crippen LogP contribution in [-0.4, -0.2) is 43.8 Å². The summed E-state index contributed by atoms with van der Waals surface area (Å²) in [5, 5.41) is 0. The molecule has 0 radical (unpaired) electrons. The van der Waals surface area contributed by atoms with Crippen LogP contribution in [-0.2, 0) is 4.74 Å². The Hall–Kier alpha value is -1.75. The highest BCUT2D eigenvalue weighted by Crippen LogP contribution is 2.24. The fourth-order valence-electron chi connectivity index (χ4n) is 2.89. The lowest BCUT2D eigenvalue weighted by Crippen LogP contribution is -2.36. The van der Waals surface area contributed by atoms with Gasteiger partial charge in [0, 0.05) is 44.2 Å². The molecule has 2 fully saturated rings. The van der Waals surface area contributed by atoms with E-state index in [0.717, 1.165) is 57.1 Å². The van der Waals surface area contributed by atoms with E-state index in [9.17, 15) is 4.79 Å². The Labute approximate surface area is 119 Å². The maximum Gasteiger partial charge on any atom is 0.324 e. The van der Waals surface area contributed by atoms with Crippen LogP contribution in [0.4, 0.5) is 16.2 Å². The zero-order valence-electron chi connectivity index (χ0n) is 11.6. The Kier molecular flexibility index (Phi) is 3.78. The fraction of sp³-hybridized carbons (Fsp3) is 0.533. The molecule has 0 atom stereocenters. The molecule has 20 heavy (non-hydrogen) atoms. The Morgan fingerprint density at radius 1 is 1.15 bits per heavy atom. The summed E-state index contributed by atoms with van der Waals surface area (Å²) < 4.78 is 5.37. The molecular weight excluding hydrogens is 254 g/mol. The van der Waals surface area contributed by atoms with Crippen LogP contribution in [0.25, 0.3) is 0 Å². The molecule has 5 nitrogen and oxygen atoms in total. The van der Waals surface area contributed by atoms with E-state index in [0.29, 0.717) is 5.92 Å². The van der Waals surface area contributed by atoms with Gasteiger partial charge in [0.15, 0.2) is 0 Å². The summed E-state index contributed by atoms with van der Waals surface area (Å²) in [7, 11) is 0. The van der Waals surface area contributed by atoms with Crippen molar-refractivity contribution >= 4 is 17.4 Å². The molecule has 0 aliphatic carbocycles. The lowest BCUT2D eigenvalue weighted by molar-refractivity contribution is 0.0584. The first-order valence-electron chi connectivity index (χ1n) is 7.24. The summed E-state index contributed by atoms with van der Waals surface area (Å²) in [6.07, 6.45) is 2.12. The Morgan fingerprint density at radius 2 is 1.85 bits per heavy atom. The predicted molar refractivity (Wildman–Crippen MR) is 78.7 cm³/mol. The number of ether oxygens (including phenoxy) is 1. The summed E-state index contributed by atoms with van der Waals surface area (Å²) in [4.78, 5) is 16.3. The average molecular weight is 275 g/mol. The molecule has 2 aliphatic heterocycles. The van der Waals surface area contributed by atoms with Gasteiger partial charge in [-0.2, -0.15) is 0 Å².